The molecule has 4 nitrogen and oxygen atoms in total. The van der Waals surface area contributed by atoms with E-state index in [-0.39, 0.29) is 5.56 Å². The van der Waals surface area contributed by atoms with Gasteiger partial charge in [-0.3, -0.25) is 0 Å². The third kappa shape index (κ3) is 1.83. The standard InChI is InChI=1S/C11H7F2NO3/c12-8-4-9(13)7(3-6(8)10(16)17)11(1-2-11)14-5-15/h3-4H,1-2H2,(H,16,17). The molecule has 0 aromatic heterocycles. The third-order valence-corrected chi connectivity index (χ3v) is 2.77. The van der Waals surface area contributed by atoms with Crippen molar-refractivity contribution in [2.24, 2.45) is 4.99 Å². The molecule has 0 radical (unpaired) electrons. The molecule has 2 rings (SSSR count). The Morgan fingerprint density at radius 1 is 1.35 bits per heavy atom. The molecule has 0 heterocycles. The molecule has 1 aliphatic carbocycles. The van der Waals surface area contributed by atoms with Crippen molar-refractivity contribution in [1.82, 2.24) is 0 Å². The van der Waals surface area contributed by atoms with Gasteiger partial charge in [0.2, 0.25) is 6.08 Å². The van der Waals surface area contributed by atoms with Crippen molar-refractivity contribution in [3.63, 3.8) is 0 Å². The largest absolute Gasteiger partial charge is 0.478 e. The van der Waals surface area contributed by atoms with Crippen molar-refractivity contribution in [3.8, 4) is 0 Å². The lowest BCUT2D eigenvalue weighted by Crippen LogP contribution is -2.10. The summed E-state index contributed by atoms with van der Waals surface area (Å²) in [6.45, 7) is 0. The molecule has 1 aromatic rings. The average molecular weight is 239 g/mol. The van der Waals surface area contributed by atoms with Crippen LogP contribution in [0.2, 0.25) is 0 Å². The van der Waals surface area contributed by atoms with Gasteiger partial charge in [-0.05, 0) is 18.9 Å². The van der Waals surface area contributed by atoms with E-state index >= 15 is 0 Å². The van der Waals surface area contributed by atoms with E-state index in [4.69, 9.17) is 5.11 Å². The molecule has 0 bridgehead atoms. The second-order valence-electron chi connectivity index (χ2n) is 3.85. The second kappa shape index (κ2) is 3.75. The fourth-order valence-corrected chi connectivity index (χ4v) is 1.72. The number of isocyanates is 1. The first-order chi connectivity index (χ1) is 8.00. The van der Waals surface area contributed by atoms with E-state index in [0.717, 1.165) is 6.07 Å². The van der Waals surface area contributed by atoms with E-state index in [1.165, 1.54) is 6.08 Å². The van der Waals surface area contributed by atoms with Gasteiger partial charge in [0, 0.05) is 11.6 Å². The molecule has 88 valence electrons. The Kier molecular flexibility index (Phi) is 2.52. The van der Waals surface area contributed by atoms with Crippen LogP contribution in [-0.4, -0.2) is 17.2 Å². The van der Waals surface area contributed by atoms with Crippen LogP contribution in [0.5, 0.6) is 0 Å². The predicted molar refractivity (Wildman–Crippen MR) is 52.4 cm³/mol. The lowest BCUT2D eigenvalue weighted by molar-refractivity contribution is 0.0691. The van der Waals surface area contributed by atoms with Crippen LogP contribution in [0.4, 0.5) is 8.78 Å². The van der Waals surface area contributed by atoms with Crippen molar-refractivity contribution in [3.05, 3.63) is 34.9 Å². The lowest BCUT2D eigenvalue weighted by Gasteiger charge is -2.10. The normalized spacial score (nSPS) is 16.1. The zero-order chi connectivity index (χ0) is 12.6. The van der Waals surface area contributed by atoms with Gasteiger partial charge >= 0.3 is 5.97 Å². The van der Waals surface area contributed by atoms with Gasteiger partial charge in [0.25, 0.3) is 0 Å². The molecule has 1 fully saturated rings. The fourth-order valence-electron chi connectivity index (χ4n) is 1.72. The Balaban J connectivity index is 2.59. The van der Waals surface area contributed by atoms with E-state index in [1.807, 2.05) is 0 Å². The summed E-state index contributed by atoms with van der Waals surface area (Å²) >= 11 is 0. The van der Waals surface area contributed by atoms with Crippen LogP contribution in [0, 0.1) is 11.6 Å². The minimum Gasteiger partial charge on any atom is -0.478 e. The van der Waals surface area contributed by atoms with Crippen molar-refractivity contribution in [2.45, 2.75) is 18.4 Å². The molecule has 1 N–H and O–H groups in total. The first-order valence-electron chi connectivity index (χ1n) is 4.82. The van der Waals surface area contributed by atoms with Gasteiger partial charge < -0.3 is 5.11 Å². The average Bonchev–Trinajstić information content (AvgIpc) is 2.98. The number of aromatic carboxylic acids is 1. The van der Waals surface area contributed by atoms with Gasteiger partial charge in [-0.1, -0.05) is 0 Å². The van der Waals surface area contributed by atoms with Crippen LogP contribution in [-0.2, 0) is 10.3 Å². The van der Waals surface area contributed by atoms with Gasteiger partial charge in [0.15, 0.2) is 0 Å². The molecule has 0 saturated heterocycles. The van der Waals surface area contributed by atoms with Crippen LogP contribution in [0.25, 0.3) is 0 Å². The molecule has 0 amide bonds. The maximum absolute atomic E-state index is 13.5. The summed E-state index contributed by atoms with van der Waals surface area (Å²) in [5.41, 5.74) is -1.75. The van der Waals surface area contributed by atoms with Gasteiger partial charge in [-0.15, -0.1) is 0 Å². The number of hydrogen-bond donors (Lipinski definition) is 1. The molecule has 0 spiro atoms. The van der Waals surface area contributed by atoms with E-state index in [9.17, 15) is 18.4 Å². The number of halogens is 2. The number of carbonyl (C=O) groups excluding carboxylic acids is 1. The minimum atomic E-state index is -1.49. The van der Waals surface area contributed by atoms with E-state index < -0.39 is 28.7 Å². The van der Waals surface area contributed by atoms with Gasteiger partial charge in [-0.25, -0.2) is 18.4 Å². The summed E-state index contributed by atoms with van der Waals surface area (Å²) in [5, 5.41) is 8.73. The van der Waals surface area contributed by atoms with Crippen molar-refractivity contribution < 1.29 is 23.5 Å². The minimum absolute atomic E-state index is 0.0698. The number of carbonyl (C=O) groups is 1. The molecule has 1 saturated carbocycles. The maximum Gasteiger partial charge on any atom is 0.338 e. The Morgan fingerprint density at radius 3 is 2.47 bits per heavy atom. The number of nitrogens with zero attached hydrogens (tertiary/aromatic N) is 1. The molecular weight excluding hydrogens is 232 g/mol. The number of rotatable bonds is 3. The van der Waals surface area contributed by atoms with Crippen LogP contribution in [0.3, 0.4) is 0 Å². The summed E-state index contributed by atoms with van der Waals surface area (Å²) in [4.78, 5) is 24.4. The highest BCUT2D eigenvalue weighted by Gasteiger charge is 2.47. The summed E-state index contributed by atoms with van der Waals surface area (Å²) in [6.07, 6.45) is 2.17. The van der Waals surface area contributed by atoms with Crippen LogP contribution in [0.1, 0.15) is 28.8 Å². The van der Waals surface area contributed by atoms with Gasteiger partial charge in [0.05, 0.1) is 5.56 Å². The third-order valence-electron chi connectivity index (χ3n) is 2.77. The Morgan fingerprint density at radius 2 is 2.00 bits per heavy atom. The van der Waals surface area contributed by atoms with Crippen LogP contribution >= 0.6 is 0 Å². The van der Waals surface area contributed by atoms with Crippen molar-refractivity contribution in [2.75, 3.05) is 0 Å². The molecule has 0 aliphatic heterocycles. The summed E-state index contributed by atoms with van der Waals surface area (Å²) < 4.78 is 26.7. The summed E-state index contributed by atoms with van der Waals surface area (Å²) in [7, 11) is 0. The monoisotopic (exact) mass is 239 g/mol. The fraction of sp³-hybridized carbons (Fsp3) is 0.273. The van der Waals surface area contributed by atoms with E-state index in [0.29, 0.717) is 18.9 Å². The highest BCUT2D eigenvalue weighted by Crippen LogP contribution is 2.50. The number of hydrogen-bond acceptors (Lipinski definition) is 3. The summed E-state index contributed by atoms with van der Waals surface area (Å²) in [5.74, 6) is -3.54. The summed E-state index contributed by atoms with van der Waals surface area (Å²) in [6, 6.07) is 1.39. The molecule has 1 aromatic carbocycles. The van der Waals surface area contributed by atoms with Crippen molar-refractivity contribution in [1.29, 1.82) is 0 Å². The molecule has 1 aliphatic rings. The highest BCUT2D eigenvalue weighted by molar-refractivity contribution is 5.88. The lowest BCUT2D eigenvalue weighted by atomic mass is 10.0. The van der Waals surface area contributed by atoms with Gasteiger partial charge in [0.1, 0.15) is 17.2 Å². The molecular formula is C11H7F2NO3. The Bertz CT molecular complexity index is 546. The smallest absolute Gasteiger partial charge is 0.338 e. The zero-order valence-corrected chi connectivity index (χ0v) is 8.54. The molecule has 0 atom stereocenters. The maximum atomic E-state index is 13.5. The van der Waals surface area contributed by atoms with Gasteiger partial charge in [-0.2, -0.15) is 4.99 Å². The topological polar surface area (TPSA) is 66.7 Å². The number of aliphatic imine (C=N–C) groups is 1. The highest BCUT2D eigenvalue weighted by atomic mass is 19.1. The Labute approximate surface area is 94.6 Å². The van der Waals surface area contributed by atoms with Crippen LogP contribution in [0.15, 0.2) is 17.1 Å². The first kappa shape index (κ1) is 11.4. The Hall–Kier alpha value is -2.07. The molecule has 6 heteroatoms. The molecule has 0 unspecified atom stereocenters. The molecule has 17 heavy (non-hydrogen) atoms. The SMILES string of the molecule is O=C=NC1(c2cc(C(=O)O)c(F)cc2F)CC1. The first-order valence-corrected chi connectivity index (χ1v) is 4.82. The number of carboxylic acids is 1. The van der Waals surface area contributed by atoms with E-state index in [1.54, 1.807) is 0 Å². The number of carboxylic acid groups (broad SMARTS) is 1. The van der Waals surface area contributed by atoms with Crippen molar-refractivity contribution >= 4 is 12.0 Å². The van der Waals surface area contributed by atoms with Crippen LogP contribution < -0.4 is 0 Å². The number of benzene rings is 1. The van der Waals surface area contributed by atoms with E-state index in [2.05, 4.69) is 4.99 Å². The quantitative estimate of drug-likeness (QED) is 0.647. The second-order valence-corrected chi connectivity index (χ2v) is 3.85. The predicted octanol–water partition coefficient (Wildman–Crippen LogP) is 1.99. The zero-order valence-electron chi connectivity index (χ0n) is 8.54.